The molecule has 0 aromatic carbocycles. The van der Waals surface area contributed by atoms with Crippen molar-refractivity contribution < 1.29 is 44.9 Å². The molecule has 41 heavy (non-hydrogen) atoms. The molecule has 7 aliphatic rings. The SMILES string of the molecule is CC[C@@H](O)[C@@H](O)[C@H](COC1OC(CO)C(O)C(O)C1O)NC(=O)CCCCCCCCCCC12C3C4C5C3C1C5C42. The number of aliphatic hydroxyl groups excluding tert-OH is 6. The Labute approximate surface area is 242 Å². The van der Waals surface area contributed by atoms with E-state index in [1.54, 1.807) is 6.92 Å². The van der Waals surface area contributed by atoms with Crippen LogP contribution in [0.3, 0.4) is 0 Å². The Hall–Kier alpha value is -0.850. The van der Waals surface area contributed by atoms with Crippen molar-refractivity contribution in [1.82, 2.24) is 5.32 Å². The van der Waals surface area contributed by atoms with E-state index in [2.05, 4.69) is 5.32 Å². The molecule has 1 saturated heterocycles. The molecule has 234 valence electrons. The first kappa shape index (κ1) is 30.2. The smallest absolute Gasteiger partial charge is 0.220 e. The highest BCUT2D eigenvalue weighted by atomic mass is 16.7. The zero-order chi connectivity index (χ0) is 29.1. The molecule has 5 unspecified atom stereocenters. The van der Waals surface area contributed by atoms with Gasteiger partial charge < -0.3 is 45.4 Å². The van der Waals surface area contributed by atoms with Crippen molar-refractivity contribution in [3.05, 3.63) is 0 Å². The molecule has 10 nitrogen and oxygen atoms in total. The van der Waals surface area contributed by atoms with Gasteiger partial charge in [0.05, 0.1) is 25.4 Å². The highest BCUT2D eigenvalue weighted by Crippen LogP contribution is 3.06. The molecule has 6 aliphatic carbocycles. The van der Waals surface area contributed by atoms with E-state index in [1.165, 1.54) is 80.0 Å². The van der Waals surface area contributed by atoms with Crippen LogP contribution in [0.1, 0.15) is 77.6 Å². The third-order valence-electron chi connectivity index (χ3n) is 12.3. The van der Waals surface area contributed by atoms with Crippen molar-refractivity contribution in [3.8, 4) is 0 Å². The predicted octanol–water partition coefficient (Wildman–Crippen LogP) is 0.688. The second-order valence-corrected chi connectivity index (χ2v) is 14.0. The van der Waals surface area contributed by atoms with Crippen LogP contribution in [0.15, 0.2) is 0 Å². The molecule has 0 aromatic rings. The van der Waals surface area contributed by atoms with Gasteiger partial charge in [0.2, 0.25) is 5.91 Å². The predicted molar refractivity (Wildman–Crippen MR) is 147 cm³/mol. The van der Waals surface area contributed by atoms with E-state index < -0.39 is 55.6 Å². The summed E-state index contributed by atoms with van der Waals surface area (Å²) < 4.78 is 10.9. The number of carbonyl (C=O) groups excluding carboxylic acids is 1. The molecule has 1 heterocycles. The van der Waals surface area contributed by atoms with E-state index in [0.29, 0.717) is 6.42 Å². The third kappa shape index (κ3) is 4.62. The van der Waals surface area contributed by atoms with E-state index in [4.69, 9.17) is 9.47 Å². The Kier molecular flexibility index (Phi) is 8.77. The van der Waals surface area contributed by atoms with E-state index >= 15 is 0 Å². The molecule has 0 bridgehead atoms. The van der Waals surface area contributed by atoms with E-state index in [9.17, 15) is 35.4 Å². The standard InChI is InChI=1S/C31H51NO9/c1-2-16(34)26(36)15(14-40-30-29(39)28(38)27(37)17(13-33)41-30)32-18(35)11-9-7-5-3-4-6-8-10-12-31-23-20-19-21(23)25(31)22(19)24(20)31/h15-17,19-30,33-34,36-39H,2-14H2,1H3,(H,32,35)/t15-,16+,17?,19?,20?,21?,22?,23?,24?,25?,26-,27?,28?,29?,30?,31?/m0/s1. The van der Waals surface area contributed by atoms with Gasteiger partial charge >= 0.3 is 0 Å². The van der Waals surface area contributed by atoms with Gasteiger partial charge in [0.1, 0.15) is 30.5 Å². The number of ether oxygens (including phenoxy) is 2. The first-order chi connectivity index (χ1) is 19.8. The fraction of sp³-hybridized carbons (Fsp3) is 0.968. The molecule has 1 aliphatic heterocycles. The van der Waals surface area contributed by atoms with Crippen LogP contribution >= 0.6 is 0 Å². The minimum Gasteiger partial charge on any atom is -0.394 e. The Bertz CT molecular complexity index is 880. The lowest BCUT2D eigenvalue weighted by Gasteiger charge is -3.08. The molecule has 1 amide bonds. The van der Waals surface area contributed by atoms with Gasteiger partial charge in [-0.25, -0.2) is 0 Å². The van der Waals surface area contributed by atoms with Crippen LogP contribution in [0, 0.1) is 46.8 Å². The highest BCUT2D eigenvalue weighted by Gasteiger charge is 3.03. The maximum Gasteiger partial charge on any atom is 0.220 e. The zero-order valence-electron chi connectivity index (χ0n) is 24.3. The molecular formula is C31H51NO9. The van der Waals surface area contributed by atoms with Crippen molar-refractivity contribution in [2.75, 3.05) is 13.2 Å². The maximum absolute atomic E-state index is 12.6. The zero-order valence-corrected chi connectivity index (χ0v) is 24.3. The molecule has 8 atom stereocenters. The maximum atomic E-state index is 12.6. The molecule has 0 radical (unpaired) electrons. The van der Waals surface area contributed by atoms with E-state index in [0.717, 1.165) is 24.7 Å². The lowest BCUT2D eigenvalue weighted by atomic mass is 8.96. The summed E-state index contributed by atoms with van der Waals surface area (Å²) in [6.07, 6.45) is 1.75. The normalized spacial score (nSPS) is 46.1. The Balaban J connectivity index is 0.828. The van der Waals surface area contributed by atoms with Crippen LogP contribution in [-0.2, 0) is 14.3 Å². The van der Waals surface area contributed by atoms with Crippen molar-refractivity contribution in [2.24, 2.45) is 46.8 Å². The lowest BCUT2D eigenvalue weighted by molar-refractivity contribution is -0.616. The largest absolute Gasteiger partial charge is 0.394 e. The minimum absolute atomic E-state index is 0.262. The summed E-state index contributed by atoms with van der Waals surface area (Å²) in [5.41, 5.74) is 0.866. The Morgan fingerprint density at radius 2 is 1.44 bits per heavy atom. The van der Waals surface area contributed by atoms with Gasteiger partial charge in [-0.15, -0.1) is 0 Å². The first-order valence-electron chi connectivity index (χ1n) is 16.4. The monoisotopic (exact) mass is 581 g/mol. The van der Waals surface area contributed by atoms with Crippen LogP contribution in [-0.4, -0.2) is 98.7 Å². The molecule has 0 spiro atoms. The molecule has 10 heteroatoms. The molecule has 7 fully saturated rings. The number of hydrogen-bond acceptors (Lipinski definition) is 9. The summed E-state index contributed by atoms with van der Waals surface area (Å²) in [4.78, 5) is 12.6. The highest BCUT2D eigenvalue weighted by molar-refractivity contribution is 5.76. The molecule has 7 rings (SSSR count). The van der Waals surface area contributed by atoms with E-state index in [-0.39, 0.29) is 18.9 Å². The summed E-state index contributed by atoms with van der Waals surface area (Å²) in [7, 11) is 0. The number of amides is 1. The fourth-order valence-corrected chi connectivity index (χ4v) is 10.4. The van der Waals surface area contributed by atoms with Crippen LogP contribution in [0.4, 0.5) is 0 Å². The second-order valence-electron chi connectivity index (χ2n) is 14.0. The third-order valence-corrected chi connectivity index (χ3v) is 12.3. The quantitative estimate of drug-likeness (QED) is 0.109. The number of nitrogens with one attached hydrogen (secondary N) is 1. The molecule has 7 N–H and O–H groups in total. The summed E-state index contributed by atoms with van der Waals surface area (Å²) in [5, 5.41) is 62.9. The molecule has 0 aromatic heterocycles. The average molecular weight is 582 g/mol. The Morgan fingerprint density at radius 3 is 2.02 bits per heavy atom. The average Bonchev–Trinajstić information content (AvgIpc) is 2.99. The lowest BCUT2D eigenvalue weighted by Crippen LogP contribution is -3.05. The summed E-state index contributed by atoms with van der Waals surface area (Å²) in [5.74, 6) is 8.06. The van der Waals surface area contributed by atoms with Crippen LogP contribution in [0.25, 0.3) is 0 Å². The summed E-state index contributed by atoms with van der Waals surface area (Å²) in [6.45, 7) is 0.803. The van der Waals surface area contributed by atoms with Crippen LogP contribution in [0.2, 0.25) is 0 Å². The van der Waals surface area contributed by atoms with Crippen LogP contribution < -0.4 is 5.32 Å². The van der Waals surface area contributed by atoms with Gasteiger partial charge in [0, 0.05) is 6.42 Å². The number of rotatable bonds is 19. The van der Waals surface area contributed by atoms with Crippen molar-refractivity contribution in [2.45, 2.75) is 127 Å². The minimum atomic E-state index is -1.59. The van der Waals surface area contributed by atoms with Gasteiger partial charge in [0.25, 0.3) is 0 Å². The van der Waals surface area contributed by atoms with Crippen molar-refractivity contribution in [3.63, 3.8) is 0 Å². The van der Waals surface area contributed by atoms with Crippen molar-refractivity contribution in [1.29, 1.82) is 0 Å². The van der Waals surface area contributed by atoms with Gasteiger partial charge in [-0.3, -0.25) is 4.79 Å². The number of unbranched alkanes of at least 4 members (excludes halogenated alkanes) is 7. The molecule has 6 saturated carbocycles. The number of carbonyl (C=O) groups is 1. The molecular weight excluding hydrogens is 530 g/mol. The summed E-state index contributed by atoms with van der Waals surface area (Å²) in [6, 6.07) is -0.975. The fourth-order valence-electron chi connectivity index (χ4n) is 10.4. The van der Waals surface area contributed by atoms with Gasteiger partial charge in [-0.05, 0) is 66.1 Å². The topological polar surface area (TPSA) is 169 Å². The van der Waals surface area contributed by atoms with Crippen molar-refractivity contribution >= 4 is 5.91 Å². The summed E-state index contributed by atoms with van der Waals surface area (Å²) >= 11 is 0. The Morgan fingerprint density at radius 1 is 0.854 bits per heavy atom. The van der Waals surface area contributed by atoms with Crippen LogP contribution in [0.5, 0.6) is 0 Å². The van der Waals surface area contributed by atoms with Gasteiger partial charge in [0.15, 0.2) is 6.29 Å². The van der Waals surface area contributed by atoms with Gasteiger partial charge in [-0.2, -0.15) is 0 Å². The second kappa shape index (κ2) is 11.9. The number of aliphatic hydroxyl groups is 6. The number of hydrogen-bond donors (Lipinski definition) is 7. The van der Waals surface area contributed by atoms with E-state index in [1.807, 2.05) is 0 Å². The first-order valence-corrected chi connectivity index (χ1v) is 16.4. The van der Waals surface area contributed by atoms with Gasteiger partial charge in [-0.1, -0.05) is 51.9 Å².